The number of carbonyl (C=O) groups is 2. The van der Waals surface area contributed by atoms with Crippen LogP contribution < -0.4 is 14.8 Å². The molecular formula is C32H35N7O5S. The largest absolute Gasteiger partial charge is 0.475 e. The van der Waals surface area contributed by atoms with Gasteiger partial charge in [0, 0.05) is 23.7 Å². The van der Waals surface area contributed by atoms with E-state index in [-0.39, 0.29) is 53.2 Å². The Bertz CT molecular complexity index is 1880. The van der Waals surface area contributed by atoms with E-state index in [0.717, 1.165) is 16.7 Å². The summed E-state index contributed by atoms with van der Waals surface area (Å²) in [6.07, 6.45) is 0.581. The molecule has 2 aliphatic rings. The maximum atomic E-state index is 14.2. The third kappa shape index (κ3) is 6.25. The second-order valence-electron chi connectivity index (χ2n) is 11.8. The van der Waals surface area contributed by atoms with Gasteiger partial charge in [-0.15, -0.1) is 0 Å². The summed E-state index contributed by atoms with van der Waals surface area (Å²) in [5.74, 6) is -0.389. The Hall–Kier alpha value is -4.78. The summed E-state index contributed by atoms with van der Waals surface area (Å²) in [7, 11) is -4.18. The molecule has 2 aliphatic heterocycles. The molecule has 234 valence electrons. The van der Waals surface area contributed by atoms with E-state index in [2.05, 4.69) is 39.0 Å². The molecule has 2 N–H and O–H groups in total. The maximum Gasteiger partial charge on any atom is 0.269 e. The predicted octanol–water partition coefficient (Wildman–Crippen LogP) is 3.95. The third-order valence-electron chi connectivity index (χ3n) is 7.93. The second-order valence-corrected chi connectivity index (χ2v) is 13.5. The number of nitrogens with zero attached hydrogens (tertiary/aromatic N) is 5. The molecule has 1 atom stereocenters. The van der Waals surface area contributed by atoms with Gasteiger partial charge in [0.15, 0.2) is 0 Å². The zero-order chi connectivity index (χ0) is 31.9. The van der Waals surface area contributed by atoms with Crippen LogP contribution in [0.1, 0.15) is 57.9 Å². The van der Waals surface area contributed by atoms with Crippen LogP contribution in [0.15, 0.2) is 59.5 Å². The SMILES string of the molecule is Cc1cccc(C)c1-c1cc2nc(n1)NS(=O)(=O)c1cccc(c1)C(=O)N(Cc1cc3n(n1)CCNC3=O)[C@H](CC(C)C)CO2. The number of nitrogens with one attached hydrogen (secondary N) is 2. The zero-order valence-corrected chi connectivity index (χ0v) is 26.4. The predicted molar refractivity (Wildman–Crippen MR) is 167 cm³/mol. The minimum absolute atomic E-state index is 0.0764. The van der Waals surface area contributed by atoms with E-state index in [4.69, 9.17) is 4.74 Å². The molecule has 0 unspecified atom stereocenters. The molecule has 2 aromatic heterocycles. The molecule has 4 aromatic rings. The van der Waals surface area contributed by atoms with Crippen molar-refractivity contribution in [3.63, 3.8) is 0 Å². The van der Waals surface area contributed by atoms with Crippen molar-refractivity contribution in [2.45, 2.75) is 58.1 Å². The molecule has 4 bridgehead atoms. The first-order valence-corrected chi connectivity index (χ1v) is 16.3. The normalized spacial score (nSPS) is 17.7. The topological polar surface area (TPSA) is 148 Å². The number of ether oxygens (including phenoxy) is 1. The van der Waals surface area contributed by atoms with Gasteiger partial charge in [0.1, 0.15) is 12.3 Å². The Morgan fingerprint density at radius 1 is 1.02 bits per heavy atom. The van der Waals surface area contributed by atoms with Gasteiger partial charge in [-0.2, -0.15) is 10.1 Å². The Balaban J connectivity index is 1.47. The van der Waals surface area contributed by atoms with Crippen LogP contribution in [0.5, 0.6) is 5.88 Å². The van der Waals surface area contributed by atoms with E-state index < -0.39 is 16.1 Å². The number of aryl methyl sites for hydroxylation is 2. The summed E-state index contributed by atoms with van der Waals surface area (Å²) >= 11 is 0. The summed E-state index contributed by atoms with van der Waals surface area (Å²) in [6, 6.07) is 14.7. The first-order valence-electron chi connectivity index (χ1n) is 14.9. The number of amides is 2. The van der Waals surface area contributed by atoms with Gasteiger partial charge in [-0.3, -0.25) is 14.3 Å². The molecule has 0 fully saturated rings. The smallest absolute Gasteiger partial charge is 0.269 e. The van der Waals surface area contributed by atoms with Crippen LogP contribution >= 0.6 is 0 Å². The highest BCUT2D eigenvalue weighted by Crippen LogP contribution is 2.30. The van der Waals surface area contributed by atoms with Crippen molar-refractivity contribution in [3.8, 4) is 17.1 Å². The minimum Gasteiger partial charge on any atom is -0.475 e. The van der Waals surface area contributed by atoms with Crippen molar-refractivity contribution in [2.75, 3.05) is 17.9 Å². The first kappa shape index (κ1) is 30.3. The van der Waals surface area contributed by atoms with Gasteiger partial charge < -0.3 is 15.0 Å². The lowest BCUT2D eigenvalue weighted by Gasteiger charge is -2.32. The molecule has 0 radical (unpaired) electrons. The summed E-state index contributed by atoms with van der Waals surface area (Å²) in [5, 5.41) is 7.43. The molecule has 4 heterocycles. The van der Waals surface area contributed by atoms with E-state index in [1.807, 2.05) is 32.0 Å². The minimum atomic E-state index is -4.18. The number of aromatic nitrogens is 4. The second kappa shape index (κ2) is 12.0. The van der Waals surface area contributed by atoms with Gasteiger partial charge in [-0.1, -0.05) is 38.1 Å². The van der Waals surface area contributed by atoms with Gasteiger partial charge in [0.2, 0.25) is 11.8 Å². The Morgan fingerprint density at radius 3 is 2.51 bits per heavy atom. The molecule has 45 heavy (non-hydrogen) atoms. The molecule has 6 rings (SSSR count). The number of hydrogen-bond donors (Lipinski definition) is 2. The number of carbonyl (C=O) groups excluding carboxylic acids is 2. The lowest BCUT2D eigenvalue weighted by Crippen LogP contribution is -2.44. The fourth-order valence-electron chi connectivity index (χ4n) is 5.85. The van der Waals surface area contributed by atoms with E-state index >= 15 is 0 Å². The third-order valence-corrected chi connectivity index (χ3v) is 9.26. The average molecular weight is 630 g/mol. The summed E-state index contributed by atoms with van der Waals surface area (Å²) < 4.78 is 37.6. The quantitative estimate of drug-likeness (QED) is 0.337. The van der Waals surface area contributed by atoms with Crippen molar-refractivity contribution in [1.82, 2.24) is 30.0 Å². The maximum absolute atomic E-state index is 14.2. The summed E-state index contributed by atoms with van der Waals surface area (Å²) in [5.41, 5.74) is 4.44. The standard InChI is InChI=1S/C32H35N7O5S/c1-19(2)13-24-18-44-28-16-26(29-20(3)7-5-8-21(29)4)34-32(35-28)37-45(42,43)25-10-6-9-22(14-25)31(41)38(24)17-23-15-27-30(40)33-11-12-39(27)36-23/h5-10,14-16,19,24H,11-13,17-18H2,1-4H3,(H,33,40)(H,34,35,37)/t24-/m1/s1. The molecular weight excluding hydrogens is 594 g/mol. The van der Waals surface area contributed by atoms with Gasteiger partial charge >= 0.3 is 0 Å². The Labute approximate surface area is 261 Å². The molecule has 0 saturated heterocycles. The molecule has 0 aliphatic carbocycles. The van der Waals surface area contributed by atoms with Crippen LogP contribution in [0.2, 0.25) is 0 Å². The lowest BCUT2D eigenvalue weighted by atomic mass is 10.00. The number of hydrogen-bond acceptors (Lipinski definition) is 8. The van der Waals surface area contributed by atoms with Crippen molar-refractivity contribution in [1.29, 1.82) is 0 Å². The zero-order valence-electron chi connectivity index (χ0n) is 25.6. The van der Waals surface area contributed by atoms with Crippen molar-refractivity contribution in [2.24, 2.45) is 5.92 Å². The summed E-state index contributed by atoms with van der Waals surface area (Å²) in [4.78, 5) is 37.2. The van der Waals surface area contributed by atoms with Crippen LogP contribution in [-0.4, -0.2) is 64.1 Å². The highest BCUT2D eigenvalue weighted by Gasteiger charge is 2.31. The average Bonchev–Trinajstić information content (AvgIpc) is 3.41. The number of anilines is 1. The van der Waals surface area contributed by atoms with E-state index in [1.54, 1.807) is 27.8 Å². The van der Waals surface area contributed by atoms with E-state index in [0.29, 0.717) is 36.6 Å². The van der Waals surface area contributed by atoms with Crippen LogP contribution in [0, 0.1) is 19.8 Å². The van der Waals surface area contributed by atoms with E-state index in [9.17, 15) is 18.0 Å². The van der Waals surface area contributed by atoms with Crippen LogP contribution in [0.25, 0.3) is 11.3 Å². The molecule has 13 heteroatoms. The Morgan fingerprint density at radius 2 is 1.78 bits per heavy atom. The van der Waals surface area contributed by atoms with Gasteiger partial charge in [0.25, 0.3) is 21.8 Å². The van der Waals surface area contributed by atoms with Crippen molar-refractivity contribution in [3.05, 3.63) is 82.7 Å². The lowest BCUT2D eigenvalue weighted by molar-refractivity contribution is 0.0549. The fourth-order valence-corrected chi connectivity index (χ4v) is 6.84. The molecule has 12 nitrogen and oxygen atoms in total. The van der Waals surface area contributed by atoms with Gasteiger partial charge in [0.05, 0.1) is 35.4 Å². The molecule has 0 spiro atoms. The number of fused-ring (bicyclic) bond motifs is 5. The monoisotopic (exact) mass is 629 g/mol. The Kier molecular flexibility index (Phi) is 8.04. The van der Waals surface area contributed by atoms with E-state index in [1.165, 1.54) is 18.2 Å². The first-order chi connectivity index (χ1) is 21.5. The number of sulfonamides is 1. The fraction of sp³-hybridized carbons (Fsp3) is 0.344. The number of rotatable bonds is 5. The highest BCUT2D eigenvalue weighted by atomic mass is 32.2. The van der Waals surface area contributed by atoms with Crippen molar-refractivity contribution < 1.29 is 22.7 Å². The van der Waals surface area contributed by atoms with Gasteiger partial charge in [-0.05, 0) is 61.6 Å². The van der Waals surface area contributed by atoms with Gasteiger partial charge in [-0.25, -0.2) is 18.1 Å². The van der Waals surface area contributed by atoms with Crippen LogP contribution in [-0.2, 0) is 23.1 Å². The summed E-state index contributed by atoms with van der Waals surface area (Å²) in [6.45, 7) is 9.20. The molecule has 2 amide bonds. The highest BCUT2D eigenvalue weighted by molar-refractivity contribution is 7.92. The van der Waals surface area contributed by atoms with Crippen LogP contribution in [0.3, 0.4) is 0 Å². The van der Waals surface area contributed by atoms with Crippen molar-refractivity contribution >= 4 is 27.8 Å². The molecule has 0 saturated carbocycles. The molecule has 2 aromatic carbocycles. The number of benzene rings is 2. The van der Waals surface area contributed by atoms with Crippen LogP contribution in [0.4, 0.5) is 5.95 Å².